The van der Waals surface area contributed by atoms with E-state index < -0.39 is 8.07 Å². The average molecular weight is 378 g/mol. The summed E-state index contributed by atoms with van der Waals surface area (Å²) in [5.41, 5.74) is 7.00. The van der Waals surface area contributed by atoms with E-state index in [1.54, 1.807) is 0 Å². The van der Waals surface area contributed by atoms with Crippen molar-refractivity contribution in [3.63, 3.8) is 0 Å². The molecule has 0 aromatic heterocycles. The van der Waals surface area contributed by atoms with Crippen molar-refractivity contribution in [1.82, 2.24) is 4.48 Å². The fraction of sp³-hybridized carbons (Fsp3) is 0.217. The third kappa shape index (κ3) is 3.20. The minimum absolute atomic E-state index is 0.189. The van der Waals surface area contributed by atoms with Crippen LogP contribution in [0.3, 0.4) is 0 Å². The molecule has 0 aliphatic carbocycles. The van der Waals surface area contributed by atoms with Crippen molar-refractivity contribution in [2.24, 2.45) is 0 Å². The number of nitrogens with zero attached hydrogens (tertiary/aromatic N) is 1. The Morgan fingerprint density at radius 1 is 0.815 bits per heavy atom. The summed E-state index contributed by atoms with van der Waals surface area (Å²) in [6, 6.07) is 29.3. The van der Waals surface area contributed by atoms with Crippen molar-refractivity contribution in [3.8, 4) is 0 Å². The van der Waals surface area contributed by atoms with E-state index in [1.807, 2.05) is 12.1 Å². The molecule has 0 unspecified atom stereocenters. The Morgan fingerprint density at radius 3 is 1.81 bits per heavy atom. The number of quaternary nitrogens is 1. The van der Waals surface area contributed by atoms with Crippen molar-refractivity contribution in [2.45, 2.75) is 12.1 Å². The van der Waals surface area contributed by atoms with Crippen LogP contribution in [0, 0.1) is 5.82 Å². The first kappa shape index (κ1) is 18.0. The summed E-state index contributed by atoms with van der Waals surface area (Å²) in [5.74, 6) is -0.189. The molecule has 3 aromatic rings. The Kier molecular flexibility index (Phi) is 4.62. The van der Waals surface area contributed by atoms with Gasteiger partial charge in [-0.2, -0.15) is 0 Å². The Bertz CT molecular complexity index is 878. The molecular formula is C23H26FN2Si+. The molecule has 0 radical (unpaired) electrons. The molecule has 138 valence electrons. The molecular weight excluding hydrogens is 351 g/mol. The van der Waals surface area contributed by atoms with Gasteiger partial charge in [0.1, 0.15) is 8.07 Å². The second-order valence-electron chi connectivity index (χ2n) is 7.87. The van der Waals surface area contributed by atoms with E-state index in [0.717, 1.165) is 30.9 Å². The third-order valence-corrected chi connectivity index (χ3v) is 11.3. The molecule has 0 spiro atoms. The lowest BCUT2D eigenvalue weighted by atomic mass is 10.2. The molecule has 0 amide bonds. The molecule has 1 aliphatic heterocycles. The van der Waals surface area contributed by atoms with Gasteiger partial charge < -0.3 is 5.73 Å². The van der Waals surface area contributed by atoms with Crippen LogP contribution in [0.1, 0.15) is 0 Å². The smallest absolute Gasteiger partial charge is 0.185 e. The molecule has 1 saturated heterocycles. The fourth-order valence-corrected chi connectivity index (χ4v) is 9.72. The zero-order valence-electron chi connectivity index (χ0n) is 15.7. The van der Waals surface area contributed by atoms with Crippen molar-refractivity contribution in [3.05, 3.63) is 84.7 Å². The summed E-state index contributed by atoms with van der Waals surface area (Å²) in [7, 11) is 0.308. The molecule has 3 aromatic carbocycles. The Labute approximate surface area is 161 Å². The molecule has 1 aliphatic rings. The number of halogens is 1. The minimum Gasteiger partial charge on any atom is -0.399 e. The first-order chi connectivity index (χ1) is 13.0. The molecule has 0 atom stereocenters. The highest BCUT2D eigenvalue weighted by Crippen LogP contribution is 2.34. The van der Waals surface area contributed by atoms with E-state index in [4.69, 9.17) is 5.73 Å². The van der Waals surface area contributed by atoms with Crippen LogP contribution in [0.2, 0.25) is 12.1 Å². The Balaban J connectivity index is 1.72. The first-order valence-electron chi connectivity index (χ1n) is 9.55. The van der Waals surface area contributed by atoms with Gasteiger partial charge in [0, 0.05) is 29.9 Å². The highest BCUT2D eigenvalue weighted by atomic mass is 28.3. The number of nitrogen functional groups attached to an aromatic ring is 1. The molecule has 27 heavy (non-hydrogen) atoms. The first-order valence-corrected chi connectivity index (χ1v) is 12.0. The van der Waals surface area contributed by atoms with Crippen LogP contribution in [-0.4, -0.2) is 28.2 Å². The van der Waals surface area contributed by atoms with Crippen LogP contribution in [0.4, 0.5) is 15.8 Å². The molecule has 1 fully saturated rings. The van der Waals surface area contributed by atoms with Gasteiger partial charge in [0.05, 0.1) is 20.1 Å². The lowest BCUT2D eigenvalue weighted by molar-refractivity contribution is 0.337. The summed E-state index contributed by atoms with van der Waals surface area (Å²) >= 11 is 0. The highest BCUT2D eigenvalue weighted by molar-refractivity contribution is 7.02. The molecule has 1 heterocycles. The highest BCUT2D eigenvalue weighted by Gasteiger charge is 2.46. The number of benzene rings is 3. The van der Waals surface area contributed by atoms with Gasteiger partial charge in [0.25, 0.3) is 0 Å². The van der Waals surface area contributed by atoms with E-state index in [0.29, 0.717) is 10.2 Å². The van der Waals surface area contributed by atoms with Gasteiger partial charge in [-0.05, 0) is 6.07 Å². The maximum absolute atomic E-state index is 14.6. The van der Waals surface area contributed by atoms with E-state index >= 15 is 0 Å². The number of anilines is 1. The van der Waals surface area contributed by atoms with E-state index in [-0.39, 0.29) is 5.82 Å². The number of rotatable bonds is 3. The lowest BCUT2D eigenvalue weighted by Gasteiger charge is -2.45. The van der Waals surface area contributed by atoms with Gasteiger partial charge in [-0.3, -0.25) is 4.48 Å². The largest absolute Gasteiger partial charge is 0.399 e. The van der Waals surface area contributed by atoms with Crippen LogP contribution < -0.4 is 20.6 Å². The van der Waals surface area contributed by atoms with Gasteiger partial charge in [-0.15, -0.1) is 0 Å². The van der Waals surface area contributed by atoms with Crippen molar-refractivity contribution in [1.29, 1.82) is 0 Å². The van der Waals surface area contributed by atoms with Gasteiger partial charge in [-0.25, -0.2) is 4.39 Å². The number of hydrogen-bond acceptors (Lipinski definition) is 1. The summed E-state index contributed by atoms with van der Waals surface area (Å²) in [6.45, 7) is 1.88. The predicted molar refractivity (Wildman–Crippen MR) is 116 cm³/mol. The third-order valence-electron chi connectivity index (χ3n) is 6.27. The van der Waals surface area contributed by atoms with Crippen LogP contribution in [0.25, 0.3) is 0 Å². The predicted octanol–water partition coefficient (Wildman–Crippen LogP) is 3.62. The standard InChI is InChI=1S/C23H26FN2Si/c1-26(23-13-12-19(25)18-22(23)24)14-16-27(17-15-26,20-8-4-2-5-9-20)21-10-6-3-7-11-21/h2-13,18H,14-17,25H2,1H3/q+1. The van der Waals surface area contributed by atoms with Gasteiger partial charge in [0.15, 0.2) is 11.5 Å². The zero-order valence-corrected chi connectivity index (χ0v) is 16.7. The SMILES string of the molecule is C[N+]1(c2ccc(N)cc2F)CC[Si](c2ccccc2)(c2ccccc2)CC1. The maximum Gasteiger partial charge on any atom is 0.185 e. The Morgan fingerprint density at radius 2 is 1.33 bits per heavy atom. The normalized spacial score (nSPS) is 18.1. The van der Waals surface area contributed by atoms with Crippen LogP contribution in [0.15, 0.2) is 78.9 Å². The topological polar surface area (TPSA) is 26.0 Å². The van der Waals surface area contributed by atoms with Crippen LogP contribution in [0.5, 0.6) is 0 Å². The molecule has 0 bridgehead atoms. The summed E-state index contributed by atoms with van der Waals surface area (Å²) in [6.07, 6.45) is 0. The molecule has 2 nitrogen and oxygen atoms in total. The summed E-state index contributed by atoms with van der Waals surface area (Å²) < 4.78 is 15.3. The van der Waals surface area contributed by atoms with Crippen molar-refractivity contribution < 1.29 is 4.39 Å². The van der Waals surface area contributed by atoms with Crippen LogP contribution >= 0.6 is 0 Å². The van der Waals surface area contributed by atoms with Gasteiger partial charge in [-0.1, -0.05) is 71.0 Å². The number of nitrogens with two attached hydrogens (primary N) is 1. The zero-order chi connectivity index (χ0) is 18.9. The maximum atomic E-state index is 14.6. The second-order valence-corrected chi connectivity index (χ2v) is 12.2. The summed E-state index contributed by atoms with van der Waals surface area (Å²) in [5, 5.41) is 2.97. The van der Waals surface area contributed by atoms with Crippen LogP contribution in [-0.2, 0) is 0 Å². The van der Waals surface area contributed by atoms with Crippen molar-refractivity contribution in [2.75, 3.05) is 25.9 Å². The summed E-state index contributed by atoms with van der Waals surface area (Å²) in [4.78, 5) is 0. The lowest BCUT2D eigenvalue weighted by Crippen LogP contribution is -2.67. The van der Waals surface area contributed by atoms with Gasteiger partial charge in [0.2, 0.25) is 0 Å². The van der Waals surface area contributed by atoms with Gasteiger partial charge >= 0.3 is 0 Å². The minimum atomic E-state index is -1.85. The molecule has 0 saturated carbocycles. The molecule has 4 heteroatoms. The molecule has 4 rings (SSSR count). The Hall–Kier alpha value is -2.43. The fourth-order valence-electron chi connectivity index (χ4n) is 4.57. The second kappa shape index (κ2) is 6.95. The van der Waals surface area contributed by atoms with Crippen molar-refractivity contribution >= 4 is 29.8 Å². The molecule has 2 N–H and O–H groups in total. The monoisotopic (exact) mass is 377 g/mol. The van der Waals surface area contributed by atoms with E-state index in [9.17, 15) is 4.39 Å². The number of hydrogen-bond donors (Lipinski definition) is 1. The quantitative estimate of drug-likeness (QED) is 0.421. The van der Waals surface area contributed by atoms with E-state index in [1.165, 1.54) is 16.4 Å². The average Bonchev–Trinajstić information content (AvgIpc) is 2.70. The van der Waals surface area contributed by atoms with E-state index in [2.05, 4.69) is 67.7 Å².